The van der Waals surface area contributed by atoms with E-state index in [1.165, 1.54) is 12.1 Å². The van der Waals surface area contributed by atoms with E-state index in [1.807, 2.05) is 0 Å². The maximum atomic E-state index is 14.4. The third-order valence-electron chi connectivity index (χ3n) is 8.33. The minimum absolute atomic E-state index is 0.00455. The van der Waals surface area contributed by atoms with Gasteiger partial charge in [0.25, 0.3) is 17.3 Å². The molecule has 0 aliphatic carbocycles. The molecule has 5 aromatic rings. The Balaban J connectivity index is 1.72. The summed E-state index contributed by atoms with van der Waals surface area (Å²) in [6, 6.07) is 25.4. The van der Waals surface area contributed by atoms with Crippen molar-refractivity contribution < 1.29 is 29.3 Å². The molecule has 0 aliphatic heterocycles. The van der Waals surface area contributed by atoms with Crippen molar-refractivity contribution in [3.63, 3.8) is 0 Å². The molecular formula is C37H28Cl3N5O8. The molecule has 16 heteroatoms. The van der Waals surface area contributed by atoms with Crippen molar-refractivity contribution in [2.45, 2.75) is 24.7 Å². The van der Waals surface area contributed by atoms with Crippen LogP contribution in [0.2, 0.25) is 15.1 Å². The summed E-state index contributed by atoms with van der Waals surface area (Å²) >= 11 is 19.6. The number of anilines is 2. The Labute approximate surface area is 316 Å². The second-order valence-electron chi connectivity index (χ2n) is 11.8. The lowest BCUT2D eigenvalue weighted by molar-refractivity contribution is -0.385. The van der Waals surface area contributed by atoms with E-state index in [1.54, 1.807) is 60.7 Å². The van der Waals surface area contributed by atoms with Crippen LogP contribution in [0.5, 0.6) is 5.75 Å². The third kappa shape index (κ3) is 8.90. The summed E-state index contributed by atoms with van der Waals surface area (Å²) in [5, 5.41) is 39.3. The van der Waals surface area contributed by atoms with E-state index >= 15 is 0 Å². The molecule has 0 aromatic heterocycles. The zero-order valence-electron chi connectivity index (χ0n) is 27.3. The molecule has 3 amide bonds. The van der Waals surface area contributed by atoms with E-state index in [9.17, 15) is 39.7 Å². The van der Waals surface area contributed by atoms with Crippen LogP contribution >= 0.6 is 34.8 Å². The molecule has 5 aromatic carbocycles. The quantitative estimate of drug-likeness (QED) is 0.0675. The molecule has 13 nitrogen and oxygen atoms in total. The van der Waals surface area contributed by atoms with Gasteiger partial charge in [-0.2, -0.15) is 0 Å². The van der Waals surface area contributed by atoms with E-state index in [0.717, 1.165) is 30.3 Å². The average Bonchev–Trinajstić information content (AvgIpc) is 3.12. The van der Waals surface area contributed by atoms with Gasteiger partial charge in [0.05, 0.1) is 48.7 Å². The summed E-state index contributed by atoms with van der Waals surface area (Å²) in [5.74, 6) is -5.96. The van der Waals surface area contributed by atoms with Crippen LogP contribution in [0.4, 0.5) is 22.7 Å². The summed E-state index contributed by atoms with van der Waals surface area (Å²) in [5.41, 5.74) is 5.65. The predicted octanol–water partition coefficient (Wildman–Crippen LogP) is 8.20. The number of nitro groups is 2. The molecule has 0 bridgehead atoms. The fraction of sp³-hybridized carbons (Fsp3) is 0.108. The average molecular weight is 777 g/mol. The van der Waals surface area contributed by atoms with Crippen molar-refractivity contribution in [2.24, 2.45) is 5.73 Å². The monoisotopic (exact) mass is 775 g/mol. The highest BCUT2D eigenvalue weighted by Gasteiger charge is 2.36. The molecule has 0 saturated carbocycles. The van der Waals surface area contributed by atoms with Crippen LogP contribution in [0, 0.1) is 20.2 Å². The van der Waals surface area contributed by atoms with Crippen LogP contribution in [0.3, 0.4) is 0 Å². The predicted molar refractivity (Wildman–Crippen MR) is 201 cm³/mol. The number of nitrogens with one attached hydrogen (secondary N) is 2. The SMILES string of the molecule is NC(=O)c1cc(Cl)c(C(Cc2ccccc2)C(=O)Nc2ccc([N+](=O)[O-])cc2Cl)c([C@@H](Cc2ccccc2)C(=O)Nc2ccc([N+](=O)[O-])cc2Cl)c1O. The van der Waals surface area contributed by atoms with Gasteiger partial charge in [-0.05, 0) is 47.7 Å². The number of benzene rings is 5. The lowest BCUT2D eigenvalue weighted by Gasteiger charge is -2.28. The maximum Gasteiger partial charge on any atom is 0.271 e. The molecule has 0 radical (unpaired) electrons. The molecule has 5 N–H and O–H groups in total. The molecule has 0 fully saturated rings. The normalized spacial score (nSPS) is 12.0. The first-order valence-electron chi connectivity index (χ1n) is 15.7. The van der Waals surface area contributed by atoms with Crippen LogP contribution in [0.25, 0.3) is 0 Å². The first-order chi connectivity index (χ1) is 25.2. The number of hydrogen-bond donors (Lipinski definition) is 4. The summed E-state index contributed by atoms with van der Waals surface area (Å²) in [7, 11) is 0. The smallest absolute Gasteiger partial charge is 0.271 e. The van der Waals surface area contributed by atoms with Gasteiger partial charge in [0.1, 0.15) is 5.75 Å². The van der Waals surface area contributed by atoms with Crippen molar-refractivity contribution in [1.29, 1.82) is 0 Å². The summed E-state index contributed by atoms with van der Waals surface area (Å²) in [4.78, 5) is 62.8. The van der Waals surface area contributed by atoms with Crippen molar-refractivity contribution >= 4 is 75.3 Å². The highest BCUT2D eigenvalue weighted by Crippen LogP contribution is 2.44. The third-order valence-corrected chi connectivity index (χ3v) is 9.27. The number of halogens is 3. The lowest BCUT2D eigenvalue weighted by atomic mass is 9.79. The molecule has 0 heterocycles. The largest absolute Gasteiger partial charge is 0.507 e. The molecule has 5 rings (SSSR count). The van der Waals surface area contributed by atoms with Gasteiger partial charge < -0.3 is 21.5 Å². The van der Waals surface area contributed by atoms with Gasteiger partial charge in [0, 0.05) is 34.9 Å². The number of hydrogen-bond acceptors (Lipinski definition) is 8. The number of primary amides is 1. The van der Waals surface area contributed by atoms with Gasteiger partial charge in [0.15, 0.2) is 0 Å². The number of nitrogens with two attached hydrogens (primary N) is 1. The molecular weight excluding hydrogens is 749 g/mol. The first kappa shape index (κ1) is 38.2. The Morgan fingerprint density at radius 2 is 1.06 bits per heavy atom. The van der Waals surface area contributed by atoms with Gasteiger partial charge in [-0.3, -0.25) is 34.6 Å². The van der Waals surface area contributed by atoms with E-state index < -0.39 is 50.7 Å². The number of amides is 3. The summed E-state index contributed by atoms with van der Waals surface area (Å²) < 4.78 is 0. The van der Waals surface area contributed by atoms with Crippen molar-refractivity contribution in [2.75, 3.05) is 10.6 Å². The molecule has 1 unspecified atom stereocenters. The topological polar surface area (TPSA) is 208 Å². The fourth-order valence-electron chi connectivity index (χ4n) is 5.80. The van der Waals surface area contributed by atoms with Crippen LogP contribution in [-0.4, -0.2) is 32.7 Å². The van der Waals surface area contributed by atoms with Crippen LogP contribution < -0.4 is 16.4 Å². The molecule has 0 spiro atoms. The van der Waals surface area contributed by atoms with Gasteiger partial charge >= 0.3 is 0 Å². The molecule has 270 valence electrons. The Bertz CT molecular complexity index is 2240. The highest BCUT2D eigenvalue weighted by molar-refractivity contribution is 6.35. The number of carbonyl (C=O) groups is 3. The zero-order valence-corrected chi connectivity index (χ0v) is 29.6. The van der Waals surface area contributed by atoms with Gasteiger partial charge in [-0.15, -0.1) is 0 Å². The fourth-order valence-corrected chi connectivity index (χ4v) is 6.58. The molecule has 53 heavy (non-hydrogen) atoms. The number of nitrogens with zero attached hydrogens (tertiary/aromatic N) is 2. The van der Waals surface area contributed by atoms with Crippen molar-refractivity contribution in [3.05, 3.63) is 166 Å². The minimum Gasteiger partial charge on any atom is -0.507 e. The van der Waals surface area contributed by atoms with E-state index in [0.29, 0.717) is 11.1 Å². The summed E-state index contributed by atoms with van der Waals surface area (Å²) in [6.45, 7) is 0. The Morgan fingerprint density at radius 1 is 0.642 bits per heavy atom. The molecule has 2 atom stereocenters. The standard InChI is InChI=1S/C37H28Cl3N5O8/c38-27-17-22(44(50)51)11-13-30(27)42-36(48)24(15-20-7-3-1-4-8-20)32-29(40)19-26(35(41)47)34(46)33(32)25(16-21-9-5-2-6-10-21)37(49)43-31-14-12-23(45(52)53)18-28(31)39/h1-14,17-19,24-25,46H,15-16H2,(H2,41,47)(H,42,48)(H,43,49)/t24?,25-/m1/s1. The maximum absolute atomic E-state index is 14.4. The molecule has 0 aliphatic rings. The Hall–Kier alpha value is -6.02. The van der Waals surface area contributed by atoms with E-state index in [4.69, 9.17) is 40.5 Å². The number of nitro benzene ring substituents is 2. The van der Waals surface area contributed by atoms with Gasteiger partial charge in [-0.25, -0.2) is 0 Å². The number of carbonyl (C=O) groups excluding carboxylic acids is 3. The number of rotatable bonds is 13. The van der Waals surface area contributed by atoms with Crippen LogP contribution in [-0.2, 0) is 22.4 Å². The van der Waals surface area contributed by atoms with Crippen molar-refractivity contribution in [3.8, 4) is 5.75 Å². The lowest BCUT2D eigenvalue weighted by Crippen LogP contribution is -2.29. The second kappa shape index (κ2) is 16.5. The number of non-ortho nitro benzene ring substituents is 2. The van der Waals surface area contributed by atoms with Crippen LogP contribution in [0.1, 0.15) is 44.4 Å². The summed E-state index contributed by atoms with van der Waals surface area (Å²) in [6.07, 6.45) is -0.155. The first-order valence-corrected chi connectivity index (χ1v) is 16.8. The zero-order chi connectivity index (χ0) is 38.4. The Kier molecular flexibility index (Phi) is 11.9. The number of aromatic hydroxyl groups is 1. The van der Waals surface area contributed by atoms with Gasteiger partial charge in [0.2, 0.25) is 11.8 Å². The van der Waals surface area contributed by atoms with E-state index in [-0.39, 0.29) is 61.8 Å². The minimum atomic E-state index is -1.38. The van der Waals surface area contributed by atoms with Crippen molar-refractivity contribution in [1.82, 2.24) is 0 Å². The van der Waals surface area contributed by atoms with Gasteiger partial charge in [-0.1, -0.05) is 95.5 Å². The number of phenols is 1. The second-order valence-corrected chi connectivity index (χ2v) is 13.0. The molecule has 0 saturated heterocycles. The Morgan fingerprint density at radius 3 is 1.43 bits per heavy atom. The van der Waals surface area contributed by atoms with Crippen LogP contribution in [0.15, 0.2) is 103 Å². The highest BCUT2D eigenvalue weighted by atomic mass is 35.5. The van der Waals surface area contributed by atoms with E-state index in [2.05, 4.69) is 10.6 Å².